The molecule has 0 aliphatic heterocycles. The third kappa shape index (κ3) is 4.60. The van der Waals surface area contributed by atoms with Crippen molar-refractivity contribution < 1.29 is 4.74 Å². The van der Waals surface area contributed by atoms with E-state index in [1.54, 1.807) is 7.05 Å². The summed E-state index contributed by atoms with van der Waals surface area (Å²) in [4.78, 5) is 12.4. The molecule has 0 saturated carbocycles. The Hall–Kier alpha value is -3.67. The van der Waals surface area contributed by atoms with Crippen molar-refractivity contribution in [2.24, 2.45) is 7.05 Å². The van der Waals surface area contributed by atoms with E-state index in [9.17, 15) is 4.79 Å². The molecule has 0 aliphatic carbocycles. The Morgan fingerprint density at radius 1 is 0.939 bits per heavy atom. The van der Waals surface area contributed by atoms with Crippen molar-refractivity contribution in [1.82, 2.24) is 19.8 Å². The van der Waals surface area contributed by atoms with Crippen LogP contribution in [0.2, 0.25) is 0 Å². The molecule has 0 unspecified atom stereocenters. The van der Waals surface area contributed by atoms with Crippen molar-refractivity contribution in [3.05, 3.63) is 93.4 Å². The lowest BCUT2D eigenvalue weighted by atomic mass is 9.81. The molecule has 170 valence electrons. The summed E-state index contributed by atoms with van der Waals surface area (Å²) in [6.45, 7) is 11.1. The van der Waals surface area contributed by atoms with Crippen LogP contribution in [0.5, 0.6) is 5.75 Å². The minimum atomic E-state index is -0.292. The van der Waals surface area contributed by atoms with Crippen molar-refractivity contribution in [3.63, 3.8) is 0 Å². The topological polar surface area (TPSA) is 61.9 Å². The zero-order valence-corrected chi connectivity index (χ0v) is 20.1. The van der Waals surface area contributed by atoms with Crippen LogP contribution in [0.4, 0.5) is 0 Å². The predicted octanol–water partition coefficient (Wildman–Crippen LogP) is 5.13. The van der Waals surface area contributed by atoms with Crippen molar-refractivity contribution in [1.29, 1.82) is 0 Å². The number of hydrogen-bond acceptors (Lipinski definition) is 4. The molecule has 3 aromatic carbocycles. The zero-order chi connectivity index (χ0) is 23.8. The second-order valence-electron chi connectivity index (χ2n) is 9.48. The minimum Gasteiger partial charge on any atom is -0.489 e. The summed E-state index contributed by atoms with van der Waals surface area (Å²) >= 11 is 0. The summed E-state index contributed by atoms with van der Waals surface area (Å²) in [6.07, 6.45) is 0. The number of aromatic nitrogens is 4. The molecule has 1 heterocycles. The van der Waals surface area contributed by atoms with E-state index in [2.05, 4.69) is 74.5 Å². The first-order chi connectivity index (χ1) is 15.6. The van der Waals surface area contributed by atoms with Crippen LogP contribution >= 0.6 is 0 Å². The third-order valence-electron chi connectivity index (χ3n) is 5.88. The lowest BCUT2D eigenvalue weighted by molar-refractivity contribution is 0.304. The molecule has 4 aromatic rings. The van der Waals surface area contributed by atoms with E-state index in [4.69, 9.17) is 4.74 Å². The van der Waals surface area contributed by atoms with Crippen molar-refractivity contribution in [3.8, 4) is 22.6 Å². The Morgan fingerprint density at radius 2 is 1.67 bits per heavy atom. The Labute approximate surface area is 194 Å². The van der Waals surface area contributed by atoms with Gasteiger partial charge < -0.3 is 4.74 Å². The van der Waals surface area contributed by atoms with E-state index in [0.717, 1.165) is 16.9 Å². The fraction of sp³-hybridized carbons (Fsp3) is 0.296. The van der Waals surface area contributed by atoms with Gasteiger partial charge in [0, 0.05) is 12.6 Å². The highest BCUT2D eigenvalue weighted by Crippen LogP contribution is 2.36. The Bertz CT molecular complexity index is 1340. The Balaban J connectivity index is 1.68. The molecule has 6 heteroatoms. The molecule has 0 amide bonds. The SMILES string of the molecule is Cc1ccc(-c2ccc(OCc3c(C)cccc3-n3nnn(C)c3=O)cc2C(C)(C)C)cc1. The molecular formula is C27H30N4O2. The average molecular weight is 443 g/mol. The van der Waals surface area contributed by atoms with E-state index >= 15 is 0 Å². The molecule has 33 heavy (non-hydrogen) atoms. The maximum absolute atomic E-state index is 12.4. The van der Waals surface area contributed by atoms with Crippen LogP contribution in [0.3, 0.4) is 0 Å². The van der Waals surface area contributed by atoms with Gasteiger partial charge in [-0.15, -0.1) is 0 Å². The lowest BCUT2D eigenvalue weighted by Crippen LogP contribution is -2.23. The monoisotopic (exact) mass is 442 g/mol. The Kier molecular flexibility index (Phi) is 5.93. The van der Waals surface area contributed by atoms with E-state index in [0.29, 0.717) is 12.3 Å². The van der Waals surface area contributed by atoms with Gasteiger partial charge in [-0.3, -0.25) is 0 Å². The summed E-state index contributed by atoms with van der Waals surface area (Å²) in [5.74, 6) is 0.788. The molecule has 0 saturated heterocycles. The highest BCUT2D eigenvalue weighted by molar-refractivity contribution is 5.70. The normalized spacial score (nSPS) is 11.6. The summed E-state index contributed by atoms with van der Waals surface area (Å²) in [5, 5.41) is 7.84. The van der Waals surface area contributed by atoms with Crippen LogP contribution < -0.4 is 10.4 Å². The molecule has 0 spiro atoms. The van der Waals surface area contributed by atoms with Crippen LogP contribution in [0, 0.1) is 13.8 Å². The first-order valence-corrected chi connectivity index (χ1v) is 11.1. The van der Waals surface area contributed by atoms with Gasteiger partial charge in [-0.1, -0.05) is 68.8 Å². The molecule has 0 N–H and O–H groups in total. The van der Waals surface area contributed by atoms with Gasteiger partial charge in [0.25, 0.3) is 0 Å². The van der Waals surface area contributed by atoms with E-state index in [1.165, 1.54) is 31.6 Å². The van der Waals surface area contributed by atoms with Gasteiger partial charge in [0.1, 0.15) is 12.4 Å². The minimum absolute atomic E-state index is 0.0552. The van der Waals surface area contributed by atoms with Gasteiger partial charge in [-0.25, -0.2) is 4.79 Å². The molecule has 0 atom stereocenters. The summed E-state index contributed by atoms with van der Waals surface area (Å²) in [7, 11) is 1.58. The quantitative estimate of drug-likeness (QED) is 0.430. The van der Waals surface area contributed by atoms with Crippen LogP contribution in [-0.2, 0) is 19.1 Å². The highest BCUT2D eigenvalue weighted by Gasteiger charge is 2.20. The largest absolute Gasteiger partial charge is 0.489 e. The highest BCUT2D eigenvalue weighted by atomic mass is 16.5. The molecule has 6 nitrogen and oxygen atoms in total. The number of benzene rings is 3. The fourth-order valence-electron chi connectivity index (χ4n) is 3.91. The summed E-state index contributed by atoms with van der Waals surface area (Å²) in [5.41, 5.74) is 7.13. The zero-order valence-electron chi connectivity index (χ0n) is 20.1. The first-order valence-electron chi connectivity index (χ1n) is 11.1. The van der Waals surface area contributed by atoms with Crippen LogP contribution in [0.1, 0.15) is 43.0 Å². The standard InChI is InChI=1S/C27H30N4O2/c1-18-10-12-20(13-11-18)22-15-14-21(16-24(22)27(3,4)5)33-17-23-19(2)8-7-9-25(23)31-26(32)30(6)28-29-31/h7-16H,17H2,1-6H3. The molecule has 0 radical (unpaired) electrons. The lowest BCUT2D eigenvalue weighted by Gasteiger charge is -2.24. The first kappa shape index (κ1) is 22.5. The molecule has 0 bridgehead atoms. The molecular weight excluding hydrogens is 412 g/mol. The van der Waals surface area contributed by atoms with E-state index in [-0.39, 0.29) is 11.1 Å². The fourth-order valence-corrected chi connectivity index (χ4v) is 3.91. The van der Waals surface area contributed by atoms with Gasteiger partial charge in [0.15, 0.2) is 0 Å². The summed E-state index contributed by atoms with van der Waals surface area (Å²) < 4.78 is 8.78. The number of rotatable bonds is 5. The van der Waals surface area contributed by atoms with Gasteiger partial charge in [0.05, 0.1) is 5.69 Å². The van der Waals surface area contributed by atoms with Crippen molar-refractivity contribution >= 4 is 0 Å². The number of hydrogen-bond donors (Lipinski definition) is 0. The van der Waals surface area contributed by atoms with Gasteiger partial charge in [-0.2, -0.15) is 9.36 Å². The molecule has 0 fully saturated rings. The number of aryl methyl sites for hydroxylation is 3. The number of ether oxygens (including phenoxy) is 1. The number of tetrazole rings is 1. The number of nitrogens with zero attached hydrogens (tertiary/aromatic N) is 4. The second-order valence-corrected chi connectivity index (χ2v) is 9.48. The van der Waals surface area contributed by atoms with Gasteiger partial charge >= 0.3 is 5.69 Å². The van der Waals surface area contributed by atoms with E-state index < -0.39 is 0 Å². The van der Waals surface area contributed by atoms with Crippen LogP contribution in [0.25, 0.3) is 16.8 Å². The maximum atomic E-state index is 12.4. The molecule has 0 aliphatic rings. The Morgan fingerprint density at radius 3 is 2.30 bits per heavy atom. The van der Waals surface area contributed by atoms with Crippen LogP contribution in [-0.4, -0.2) is 19.8 Å². The van der Waals surface area contributed by atoms with Crippen molar-refractivity contribution in [2.75, 3.05) is 0 Å². The smallest absolute Gasteiger partial charge is 0.368 e. The average Bonchev–Trinajstić information content (AvgIpc) is 3.11. The van der Waals surface area contributed by atoms with Gasteiger partial charge in [0.2, 0.25) is 0 Å². The van der Waals surface area contributed by atoms with Crippen molar-refractivity contribution in [2.45, 2.75) is 46.6 Å². The molecule has 4 rings (SSSR count). The predicted molar refractivity (Wildman–Crippen MR) is 131 cm³/mol. The maximum Gasteiger partial charge on any atom is 0.368 e. The summed E-state index contributed by atoms with van der Waals surface area (Å²) in [6, 6.07) is 20.7. The van der Waals surface area contributed by atoms with Crippen LogP contribution in [0.15, 0.2) is 65.5 Å². The van der Waals surface area contributed by atoms with Gasteiger partial charge in [-0.05, 0) is 70.1 Å². The molecule has 1 aromatic heterocycles. The third-order valence-corrected chi connectivity index (χ3v) is 5.88. The second kappa shape index (κ2) is 8.70. The van der Waals surface area contributed by atoms with E-state index in [1.807, 2.05) is 31.2 Å².